The highest BCUT2D eigenvalue weighted by atomic mass is 16.7. The van der Waals surface area contributed by atoms with Crippen LogP contribution in [0.3, 0.4) is 0 Å². The predicted octanol–water partition coefficient (Wildman–Crippen LogP) is 4.51. The maximum Gasteiger partial charge on any atom is 0.155 e. The lowest BCUT2D eigenvalue weighted by molar-refractivity contribution is -0.118. The molecule has 0 aromatic carbocycles. The van der Waals surface area contributed by atoms with Gasteiger partial charge in [0.05, 0.1) is 12.7 Å². The molecule has 4 fully saturated rings. The fourth-order valence-electron chi connectivity index (χ4n) is 7.79. The molecule has 3 saturated carbocycles. The van der Waals surface area contributed by atoms with Gasteiger partial charge in [0, 0.05) is 6.42 Å². The van der Waals surface area contributed by atoms with E-state index < -0.39 is 0 Å². The molecule has 1 unspecified atom stereocenters. The quantitative estimate of drug-likeness (QED) is 0.702. The molecular weight excluding hydrogens is 312 g/mol. The average molecular weight is 344 g/mol. The Hall–Kier alpha value is -0.670. The minimum Gasteiger partial charge on any atom is -0.353 e. The van der Waals surface area contributed by atoms with Crippen LogP contribution in [0.5, 0.6) is 0 Å². The molecular formula is C22H32O3. The van der Waals surface area contributed by atoms with E-state index in [2.05, 4.69) is 13.8 Å². The number of hydrogen-bond donors (Lipinski definition) is 0. The highest BCUT2D eigenvalue weighted by Crippen LogP contribution is 2.67. The molecule has 0 spiro atoms. The molecule has 0 amide bonds. The third-order valence-electron chi connectivity index (χ3n) is 9.13. The molecule has 5 rings (SSSR count). The lowest BCUT2D eigenvalue weighted by atomic mass is 9.46. The molecule has 0 bridgehead atoms. The van der Waals surface area contributed by atoms with Crippen LogP contribution in [0.2, 0.25) is 0 Å². The van der Waals surface area contributed by atoms with Gasteiger partial charge in [0.2, 0.25) is 0 Å². The van der Waals surface area contributed by atoms with Crippen molar-refractivity contribution in [3.05, 3.63) is 11.6 Å². The number of allylic oxidation sites excluding steroid dienone is 1. The summed E-state index contributed by atoms with van der Waals surface area (Å²) in [4.78, 5) is 11.9. The van der Waals surface area contributed by atoms with Crippen molar-refractivity contribution in [2.45, 2.75) is 71.3 Å². The molecule has 0 N–H and O–H groups in total. The van der Waals surface area contributed by atoms with Gasteiger partial charge in [-0.15, -0.1) is 0 Å². The van der Waals surface area contributed by atoms with E-state index in [-0.39, 0.29) is 0 Å². The summed E-state index contributed by atoms with van der Waals surface area (Å²) in [5, 5.41) is 0. The summed E-state index contributed by atoms with van der Waals surface area (Å²) in [5.41, 5.74) is 2.21. The fraction of sp³-hybridized carbons (Fsp3) is 0.864. The van der Waals surface area contributed by atoms with Gasteiger partial charge in [-0.05, 0) is 85.5 Å². The first-order valence-electron chi connectivity index (χ1n) is 10.5. The van der Waals surface area contributed by atoms with E-state index in [4.69, 9.17) is 9.47 Å². The van der Waals surface area contributed by atoms with Crippen molar-refractivity contribution in [1.29, 1.82) is 0 Å². The maximum atomic E-state index is 11.9. The summed E-state index contributed by atoms with van der Waals surface area (Å²) in [5.74, 6) is 3.53. The van der Waals surface area contributed by atoms with Crippen molar-refractivity contribution >= 4 is 5.78 Å². The zero-order valence-corrected chi connectivity index (χ0v) is 15.8. The molecule has 7 atom stereocenters. The second kappa shape index (κ2) is 5.66. The van der Waals surface area contributed by atoms with Crippen LogP contribution >= 0.6 is 0 Å². The van der Waals surface area contributed by atoms with E-state index in [1.165, 1.54) is 37.7 Å². The molecule has 3 heteroatoms. The summed E-state index contributed by atoms with van der Waals surface area (Å²) in [6.07, 6.45) is 12.0. The average Bonchev–Trinajstić information content (AvgIpc) is 3.22. The van der Waals surface area contributed by atoms with Crippen molar-refractivity contribution in [2.75, 3.05) is 13.4 Å². The number of rotatable bonds is 1. The van der Waals surface area contributed by atoms with Crippen LogP contribution in [-0.4, -0.2) is 25.3 Å². The van der Waals surface area contributed by atoms with Crippen LogP contribution in [-0.2, 0) is 14.3 Å². The zero-order valence-electron chi connectivity index (χ0n) is 15.8. The van der Waals surface area contributed by atoms with Gasteiger partial charge >= 0.3 is 0 Å². The molecule has 0 aromatic rings. The van der Waals surface area contributed by atoms with E-state index in [0.29, 0.717) is 35.4 Å². The van der Waals surface area contributed by atoms with Gasteiger partial charge in [-0.1, -0.05) is 19.4 Å². The lowest BCUT2D eigenvalue weighted by Gasteiger charge is -2.58. The Morgan fingerprint density at radius 1 is 1.00 bits per heavy atom. The van der Waals surface area contributed by atoms with Gasteiger partial charge in [0.25, 0.3) is 0 Å². The molecule has 5 aliphatic rings. The molecule has 138 valence electrons. The van der Waals surface area contributed by atoms with E-state index in [1.54, 1.807) is 0 Å². The number of carbonyl (C=O) groups excluding carboxylic acids is 1. The van der Waals surface area contributed by atoms with Gasteiger partial charge in [-0.25, -0.2) is 0 Å². The molecule has 1 aliphatic heterocycles. The van der Waals surface area contributed by atoms with Crippen molar-refractivity contribution in [3.63, 3.8) is 0 Å². The predicted molar refractivity (Wildman–Crippen MR) is 95.9 cm³/mol. The number of carbonyl (C=O) groups is 1. The molecule has 4 aliphatic carbocycles. The highest BCUT2D eigenvalue weighted by molar-refractivity contribution is 5.91. The van der Waals surface area contributed by atoms with Crippen LogP contribution in [0.25, 0.3) is 0 Å². The second-order valence-electron chi connectivity index (χ2n) is 9.89. The number of ether oxygens (including phenoxy) is 2. The number of fused-ring (bicyclic) bond motifs is 5. The van der Waals surface area contributed by atoms with Crippen molar-refractivity contribution in [1.82, 2.24) is 0 Å². The lowest BCUT2D eigenvalue weighted by Crippen LogP contribution is -2.51. The van der Waals surface area contributed by atoms with Gasteiger partial charge in [-0.3, -0.25) is 4.79 Å². The van der Waals surface area contributed by atoms with Crippen LogP contribution in [0, 0.1) is 34.5 Å². The minimum absolute atomic E-state index is 0.295. The standard InChI is InChI=1S/C22H32O3/c1-21-9-7-15(23)11-14(21)3-4-16-17-5-6-19(20-12-24-13-25-20)22(17,2)10-8-18(16)21/h11,16-20H,3-10,12-13H2,1-2H3/t16-,17-,18-,19+,20?,21-,22-/m0/s1. The molecule has 1 saturated heterocycles. The molecule has 25 heavy (non-hydrogen) atoms. The van der Waals surface area contributed by atoms with Gasteiger partial charge < -0.3 is 9.47 Å². The topological polar surface area (TPSA) is 35.5 Å². The highest BCUT2D eigenvalue weighted by Gasteiger charge is 2.60. The van der Waals surface area contributed by atoms with Crippen LogP contribution in [0.1, 0.15) is 65.2 Å². The summed E-state index contributed by atoms with van der Waals surface area (Å²) in [6, 6.07) is 0. The largest absolute Gasteiger partial charge is 0.353 e. The SMILES string of the molecule is C[C@]12CC[C@H]3[C@@H](CCC4=CC(=O)CC[C@@]43C)[C@@H]1CC[C@@H]2C1COCO1. The Kier molecular flexibility index (Phi) is 3.74. The molecule has 3 nitrogen and oxygen atoms in total. The number of hydrogen-bond acceptors (Lipinski definition) is 3. The molecule has 0 radical (unpaired) electrons. The maximum absolute atomic E-state index is 11.9. The Balaban J connectivity index is 1.44. The number of ketones is 1. The third kappa shape index (κ3) is 2.27. The zero-order chi connectivity index (χ0) is 17.2. The van der Waals surface area contributed by atoms with Gasteiger partial charge in [-0.2, -0.15) is 0 Å². The summed E-state index contributed by atoms with van der Waals surface area (Å²) >= 11 is 0. The monoisotopic (exact) mass is 344 g/mol. The Labute approximate surface area is 151 Å². The van der Waals surface area contributed by atoms with Crippen LogP contribution in [0.15, 0.2) is 11.6 Å². The van der Waals surface area contributed by atoms with Crippen LogP contribution < -0.4 is 0 Å². The van der Waals surface area contributed by atoms with Gasteiger partial charge in [0.1, 0.15) is 6.79 Å². The molecule has 1 heterocycles. The Morgan fingerprint density at radius 3 is 2.64 bits per heavy atom. The first-order chi connectivity index (χ1) is 12.0. The van der Waals surface area contributed by atoms with Gasteiger partial charge in [0.15, 0.2) is 5.78 Å². The Morgan fingerprint density at radius 2 is 1.84 bits per heavy atom. The van der Waals surface area contributed by atoms with E-state index >= 15 is 0 Å². The van der Waals surface area contributed by atoms with Crippen molar-refractivity contribution < 1.29 is 14.3 Å². The first-order valence-corrected chi connectivity index (χ1v) is 10.5. The summed E-state index contributed by atoms with van der Waals surface area (Å²) in [7, 11) is 0. The summed E-state index contributed by atoms with van der Waals surface area (Å²) in [6.45, 7) is 6.33. The molecule has 0 aromatic heterocycles. The van der Waals surface area contributed by atoms with E-state index in [0.717, 1.165) is 43.6 Å². The summed E-state index contributed by atoms with van der Waals surface area (Å²) < 4.78 is 11.5. The second-order valence-corrected chi connectivity index (χ2v) is 9.89. The van der Waals surface area contributed by atoms with E-state index in [1.807, 2.05) is 6.08 Å². The van der Waals surface area contributed by atoms with Crippen molar-refractivity contribution in [3.8, 4) is 0 Å². The van der Waals surface area contributed by atoms with E-state index in [9.17, 15) is 4.79 Å². The Bertz CT molecular complexity index is 604. The fourth-order valence-corrected chi connectivity index (χ4v) is 7.79. The normalized spacial score (nSPS) is 52.3. The smallest absolute Gasteiger partial charge is 0.155 e. The van der Waals surface area contributed by atoms with Crippen molar-refractivity contribution in [2.24, 2.45) is 34.5 Å². The minimum atomic E-state index is 0.295. The van der Waals surface area contributed by atoms with Crippen LogP contribution in [0.4, 0.5) is 0 Å². The first kappa shape index (κ1) is 16.5. The third-order valence-corrected chi connectivity index (χ3v) is 9.13.